The van der Waals surface area contributed by atoms with E-state index in [4.69, 9.17) is 4.98 Å². The van der Waals surface area contributed by atoms with Crippen LogP contribution in [-0.4, -0.2) is 39.4 Å². The van der Waals surface area contributed by atoms with E-state index < -0.39 is 6.10 Å². The maximum absolute atomic E-state index is 10.5. The smallest absolute Gasteiger partial charge is 0.134 e. The van der Waals surface area contributed by atoms with Gasteiger partial charge in [0.15, 0.2) is 0 Å². The SMILES string of the molecule is Cc1ccc2cc(CO)c(N3C[C@@H](Cc4ccccn4)[C@H](O)C3)nc2c1. The van der Waals surface area contributed by atoms with Gasteiger partial charge in [0, 0.05) is 41.8 Å². The number of nitrogens with zero attached hydrogens (tertiary/aromatic N) is 3. The minimum atomic E-state index is -0.432. The van der Waals surface area contributed by atoms with Gasteiger partial charge in [-0.2, -0.15) is 0 Å². The first-order valence-electron chi connectivity index (χ1n) is 8.98. The van der Waals surface area contributed by atoms with Gasteiger partial charge in [-0.25, -0.2) is 4.98 Å². The van der Waals surface area contributed by atoms with E-state index in [1.807, 2.05) is 43.3 Å². The molecule has 1 aliphatic rings. The van der Waals surface area contributed by atoms with Gasteiger partial charge in [-0.05, 0) is 43.2 Å². The summed E-state index contributed by atoms with van der Waals surface area (Å²) in [6, 6.07) is 14.0. The Hall–Kier alpha value is -2.50. The fourth-order valence-electron chi connectivity index (χ4n) is 3.72. The van der Waals surface area contributed by atoms with Crippen molar-refractivity contribution in [3.63, 3.8) is 0 Å². The number of aromatic nitrogens is 2. The van der Waals surface area contributed by atoms with Gasteiger partial charge < -0.3 is 15.1 Å². The summed E-state index contributed by atoms with van der Waals surface area (Å²) in [5.41, 5.74) is 3.86. The lowest BCUT2D eigenvalue weighted by atomic mass is 10.00. The van der Waals surface area contributed by atoms with Crippen molar-refractivity contribution in [1.82, 2.24) is 9.97 Å². The van der Waals surface area contributed by atoms with Crippen molar-refractivity contribution in [3.05, 3.63) is 65.5 Å². The van der Waals surface area contributed by atoms with Gasteiger partial charge in [0.1, 0.15) is 5.82 Å². The maximum Gasteiger partial charge on any atom is 0.134 e. The molecule has 2 N–H and O–H groups in total. The second-order valence-electron chi connectivity index (χ2n) is 7.08. The summed E-state index contributed by atoms with van der Waals surface area (Å²) < 4.78 is 0. The Bertz CT molecular complexity index is 914. The van der Waals surface area contributed by atoms with Crippen LogP contribution < -0.4 is 4.90 Å². The highest BCUT2D eigenvalue weighted by Gasteiger charge is 2.33. The number of pyridine rings is 2. The van der Waals surface area contributed by atoms with E-state index in [2.05, 4.69) is 16.0 Å². The summed E-state index contributed by atoms with van der Waals surface area (Å²) in [5, 5.41) is 21.4. The molecule has 1 aliphatic heterocycles. The van der Waals surface area contributed by atoms with E-state index >= 15 is 0 Å². The molecule has 5 heteroatoms. The predicted molar refractivity (Wildman–Crippen MR) is 102 cm³/mol. The average molecular weight is 349 g/mol. The number of aryl methyl sites for hydroxylation is 1. The van der Waals surface area contributed by atoms with Crippen molar-refractivity contribution in [2.45, 2.75) is 26.1 Å². The molecule has 134 valence electrons. The first-order valence-corrected chi connectivity index (χ1v) is 8.98. The molecule has 0 spiro atoms. The fourth-order valence-corrected chi connectivity index (χ4v) is 3.72. The minimum Gasteiger partial charge on any atom is -0.392 e. The molecule has 0 bridgehead atoms. The monoisotopic (exact) mass is 349 g/mol. The molecule has 1 saturated heterocycles. The van der Waals surface area contributed by atoms with Gasteiger partial charge in [0.25, 0.3) is 0 Å². The van der Waals surface area contributed by atoms with Crippen LogP contribution in [0.5, 0.6) is 0 Å². The Morgan fingerprint density at radius 2 is 2.04 bits per heavy atom. The van der Waals surface area contributed by atoms with Crippen molar-refractivity contribution in [1.29, 1.82) is 0 Å². The van der Waals surface area contributed by atoms with Crippen LogP contribution in [0.25, 0.3) is 10.9 Å². The summed E-state index contributed by atoms with van der Waals surface area (Å²) in [4.78, 5) is 11.3. The number of benzene rings is 1. The lowest BCUT2D eigenvalue weighted by Gasteiger charge is -2.21. The number of anilines is 1. The second kappa shape index (κ2) is 7.02. The van der Waals surface area contributed by atoms with E-state index in [1.54, 1.807) is 6.20 Å². The number of rotatable bonds is 4. The maximum atomic E-state index is 10.5. The summed E-state index contributed by atoms with van der Waals surface area (Å²) in [5.74, 6) is 0.875. The zero-order valence-corrected chi connectivity index (χ0v) is 14.8. The molecule has 26 heavy (non-hydrogen) atoms. The first-order chi connectivity index (χ1) is 12.6. The van der Waals surface area contributed by atoms with Crippen LogP contribution in [0.4, 0.5) is 5.82 Å². The van der Waals surface area contributed by atoms with Crippen LogP contribution >= 0.6 is 0 Å². The van der Waals surface area contributed by atoms with Gasteiger partial charge in [0.2, 0.25) is 0 Å². The Morgan fingerprint density at radius 1 is 1.15 bits per heavy atom. The zero-order valence-electron chi connectivity index (χ0n) is 14.8. The van der Waals surface area contributed by atoms with Crippen LogP contribution in [-0.2, 0) is 13.0 Å². The van der Waals surface area contributed by atoms with Crippen molar-refractivity contribution in [3.8, 4) is 0 Å². The van der Waals surface area contributed by atoms with Gasteiger partial charge in [0.05, 0.1) is 18.2 Å². The van der Waals surface area contributed by atoms with Crippen LogP contribution in [0.1, 0.15) is 16.8 Å². The molecule has 3 heterocycles. The number of fused-ring (bicyclic) bond motifs is 1. The number of aliphatic hydroxyl groups excluding tert-OH is 2. The third-order valence-electron chi connectivity index (χ3n) is 5.10. The molecule has 0 aliphatic carbocycles. The number of aliphatic hydroxyl groups is 2. The number of hydrogen-bond donors (Lipinski definition) is 2. The topological polar surface area (TPSA) is 69.5 Å². The molecule has 2 atom stereocenters. The summed E-state index contributed by atoms with van der Waals surface area (Å²) in [6.45, 7) is 3.21. The highest BCUT2D eigenvalue weighted by molar-refractivity contribution is 5.82. The predicted octanol–water partition coefficient (Wildman–Crippen LogP) is 2.47. The van der Waals surface area contributed by atoms with Crippen molar-refractivity contribution in [2.75, 3.05) is 18.0 Å². The number of β-amino-alcohol motifs (C(OH)–C–C–N with tert-alkyl or cyclic N) is 1. The third kappa shape index (κ3) is 3.28. The standard InChI is InChI=1S/C21H23N3O2/c1-14-5-6-15-9-17(13-25)21(23-19(15)8-14)24-11-16(20(26)12-24)10-18-4-2-3-7-22-18/h2-9,16,20,25-26H,10-13H2,1H3/t16-,20-/m1/s1. The molecule has 4 rings (SSSR count). The van der Waals surface area contributed by atoms with E-state index in [9.17, 15) is 10.2 Å². The summed E-state index contributed by atoms with van der Waals surface area (Å²) in [7, 11) is 0. The average Bonchev–Trinajstić information content (AvgIpc) is 3.01. The molecule has 1 aromatic carbocycles. The second-order valence-corrected chi connectivity index (χ2v) is 7.08. The highest BCUT2D eigenvalue weighted by atomic mass is 16.3. The third-order valence-corrected chi connectivity index (χ3v) is 5.10. The van der Waals surface area contributed by atoms with Gasteiger partial charge in [-0.15, -0.1) is 0 Å². The Kier molecular flexibility index (Phi) is 4.57. The molecule has 1 fully saturated rings. The first kappa shape index (κ1) is 16.9. The molecular formula is C21H23N3O2. The zero-order chi connectivity index (χ0) is 18.1. The Balaban J connectivity index is 1.63. The molecule has 0 saturated carbocycles. The van der Waals surface area contributed by atoms with Crippen LogP contribution in [0.15, 0.2) is 48.7 Å². The van der Waals surface area contributed by atoms with E-state index in [0.717, 1.165) is 40.0 Å². The van der Waals surface area contributed by atoms with Gasteiger partial charge in [-0.1, -0.05) is 18.2 Å². The molecule has 0 unspecified atom stereocenters. The molecular weight excluding hydrogens is 326 g/mol. The summed E-state index contributed by atoms with van der Waals surface area (Å²) >= 11 is 0. The minimum absolute atomic E-state index is 0.0658. The molecule has 3 aromatic rings. The van der Waals surface area contributed by atoms with Crippen LogP contribution in [0.3, 0.4) is 0 Å². The van der Waals surface area contributed by atoms with E-state index in [0.29, 0.717) is 13.1 Å². The van der Waals surface area contributed by atoms with Crippen molar-refractivity contribution >= 4 is 16.7 Å². The van der Waals surface area contributed by atoms with Crippen molar-refractivity contribution < 1.29 is 10.2 Å². The lowest BCUT2D eigenvalue weighted by molar-refractivity contribution is 0.148. The van der Waals surface area contributed by atoms with E-state index in [-0.39, 0.29) is 12.5 Å². The summed E-state index contributed by atoms with van der Waals surface area (Å²) in [6.07, 6.45) is 2.09. The quantitative estimate of drug-likeness (QED) is 0.757. The van der Waals surface area contributed by atoms with Crippen LogP contribution in [0.2, 0.25) is 0 Å². The Morgan fingerprint density at radius 3 is 2.81 bits per heavy atom. The fraction of sp³-hybridized carbons (Fsp3) is 0.333. The van der Waals surface area contributed by atoms with Crippen molar-refractivity contribution in [2.24, 2.45) is 5.92 Å². The van der Waals surface area contributed by atoms with E-state index in [1.165, 1.54) is 0 Å². The van der Waals surface area contributed by atoms with Gasteiger partial charge in [-0.3, -0.25) is 4.98 Å². The Labute approximate surface area is 153 Å². The van der Waals surface area contributed by atoms with Crippen LogP contribution in [0, 0.1) is 12.8 Å². The molecule has 2 aromatic heterocycles. The molecule has 5 nitrogen and oxygen atoms in total. The molecule has 0 amide bonds. The largest absolute Gasteiger partial charge is 0.392 e. The number of hydrogen-bond acceptors (Lipinski definition) is 5. The highest BCUT2D eigenvalue weighted by Crippen LogP contribution is 2.30. The lowest BCUT2D eigenvalue weighted by Crippen LogP contribution is -2.23. The van der Waals surface area contributed by atoms with Gasteiger partial charge >= 0.3 is 0 Å². The molecule has 0 radical (unpaired) electrons. The normalized spacial score (nSPS) is 20.0.